The van der Waals surface area contributed by atoms with E-state index in [0.29, 0.717) is 51.9 Å². The van der Waals surface area contributed by atoms with Crippen molar-refractivity contribution in [3.05, 3.63) is 76.0 Å². The van der Waals surface area contributed by atoms with Crippen molar-refractivity contribution in [3.8, 4) is 11.5 Å². The third kappa shape index (κ3) is 4.99. The molecule has 2 aromatic carbocycles. The van der Waals surface area contributed by atoms with Crippen molar-refractivity contribution in [1.82, 2.24) is 15.0 Å². The fourth-order valence-corrected chi connectivity index (χ4v) is 3.11. The van der Waals surface area contributed by atoms with E-state index in [1.54, 1.807) is 14.2 Å². The van der Waals surface area contributed by atoms with Crippen LogP contribution in [0.25, 0.3) is 5.57 Å². The standard InChI is InChI=1S/C22H24ClN5O2/c1-13(24)20(16-7-10-18(29-3)19(11-16)30-4)21-26-14(2)27-22(28-21)25-12-15-5-8-17(23)9-6-15/h5-11H,12,24H2,1-4H3,(H,25,26,27,28). The van der Waals surface area contributed by atoms with Gasteiger partial charge in [-0.05, 0) is 49.2 Å². The molecule has 0 aliphatic heterocycles. The van der Waals surface area contributed by atoms with E-state index in [1.165, 1.54) is 0 Å². The van der Waals surface area contributed by atoms with E-state index in [1.807, 2.05) is 56.3 Å². The van der Waals surface area contributed by atoms with Crippen LogP contribution in [0.4, 0.5) is 5.95 Å². The monoisotopic (exact) mass is 425 g/mol. The first kappa shape index (κ1) is 21.4. The number of hydrogen-bond acceptors (Lipinski definition) is 7. The summed E-state index contributed by atoms with van der Waals surface area (Å²) in [5.41, 5.74) is 9.38. The fraction of sp³-hybridized carbons (Fsp3) is 0.227. The molecule has 1 heterocycles. The van der Waals surface area contributed by atoms with E-state index in [0.717, 1.165) is 11.1 Å². The topological polar surface area (TPSA) is 95.2 Å². The molecule has 0 bridgehead atoms. The van der Waals surface area contributed by atoms with Gasteiger partial charge in [-0.1, -0.05) is 29.8 Å². The lowest BCUT2D eigenvalue weighted by Crippen LogP contribution is -2.11. The zero-order chi connectivity index (χ0) is 21.7. The van der Waals surface area contributed by atoms with Crippen LogP contribution in [0.5, 0.6) is 11.5 Å². The van der Waals surface area contributed by atoms with Gasteiger partial charge in [0.25, 0.3) is 0 Å². The fourth-order valence-electron chi connectivity index (χ4n) is 2.98. The van der Waals surface area contributed by atoms with Gasteiger partial charge in [-0.25, -0.2) is 4.98 Å². The Balaban J connectivity index is 1.94. The van der Waals surface area contributed by atoms with E-state index >= 15 is 0 Å². The molecule has 7 nitrogen and oxygen atoms in total. The highest BCUT2D eigenvalue weighted by Gasteiger charge is 2.16. The highest BCUT2D eigenvalue weighted by molar-refractivity contribution is 6.30. The maximum absolute atomic E-state index is 6.22. The van der Waals surface area contributed by atoms with Gasteiger partial charge in [0.15, 0.2) is 17.3 Å². The highest BCUT2D eigenvalue weighted by atomic mass is 35.5. The second kappa shape index (κ2) is 9.45. The van der Waals surface area contributed by atoms with Crippen molar-refractivity contribution < 1.29 is 9.47 Å². The molecule has 156 valence electrons. The Morgan fingerprint density at radius 2 is 1.70 bits per heavy atom. The summed E-state index contributed by atoms with van der Waals surface area (Å²) in [6.07, 6.45) is 0. The smallest absolute Gasteiger partial charge is 0.226 e. The van der Waals surface area contributed by atoms with Gasteiger partial charge in [0, 0.05) is 22.8 Å². The lowest BCUT2D eigenvalue weighted by molar-refractivity contribution is 0.355. The second-order valence-electron chi connectivity index (χ2n) is 6.64. The highest BCUT2D eigenvalue weighted by Crippen LogP contribution is 2.32. The molecule has 0 aliphatic carbocycles. The Labute approximate surface area is 180 Å². The Morgan fingerprint density at radius 1 is 1.00 bits per heavy atom. The number of anilines is 1. The molecule has 0 amide bonds. The molecule has 30 heavy (non-hydrogen) atoms. The molecule has 0 unspecified atom stereocenters. The number of allylic oxidation sites excluding steroid dienone is 1. The number of aryl methyl sites for hydroxylation is 1. The number of nitrogens with zero attached hydrogens (tertiary/aromatic N) is 3. The van der Waals surface area contributed by atoms with Gasteiger partial charge < -0.3 is 20.5 Å². The quantitative estimate of drug-likeness (QED) is 0.585. The zero-order valence-electron chi connectivity index (χ0n) is 17.4. The number of hydrogen-bond donors (Lipinski definition) is 2. The molecule has 0 fully saturated rings. The molecule has 0 spiro atoms. The third-order valence-corrected chi connectivity index (χ3v) is 4.65. The Kier molecular flexibility index (Phi) is 6.74. The van der Waals surface area contributed by atoms with Crippen molar-refractivity contribution in [1.29, 1.82) is 0 Å². The van der Waals surface area contributed by atoms with Crippen LogP contribution < -0.4 is 20.5 Å². The predicted octanol–water partition coefficient (Wildman–Crippen LogP) is 4.20. The maximum Gasteiger partial charge on any atom is 0.226 e. The van der Waals surface area contributed by atoms with Crippen molar-refractivity contribution in [2.24, 2.45) is 5.73 Å². The van der Waals surface area contributed by atoms with Crippen LogP contribution in [0.1, 0.15) is 29.7 Å². The van der Waals surface area contributed by atoms with E-state index in [9.17, 15) is 0 Å². The van der Waals surface area contributed by atoms with Gasteiger partial charge in [-0.15, -0.1) is 0 Å². The van der Waals surface area contributed by atoms with Crippen LogP contribution in [-0.2, 0) is 6.54 Å². The Bertz CT molecular complexity index is 1060. The first-order chi connectivity index (χ1) is 14.4. The van der Waals surface area contributed by atoms with Crippen LogP contribution >= 0.6 is 11.6 Å². The van der Waals surface area contributed by atoms with E-state index in [4.69, 9.17) is 26.8 Å². The Morgan fingerprint density at radius 3 is 2.33 bits per heavy atom. The number of nitrogens with one attached hydrogen (secondary N) is 1. The van der Waals surface area contributed by atoms with Crippen LogP contribution in [0, 0.1) is 6.92 Å². The Hall–Kier alpha value is -3.32. The number of methoxy groups -OCH3 is 2. The van der Waals surface area contributed by atoms with E-state index in [-0.39, 0.29) is 0 Å². The van der Waals surface area contributed by atoms with Crippen molar-refractivity contribution in [2.45, 2.75) is 20.4 Å². The lowest BCUT2D eigenvalue weighted by Gasteiger charge is -2.14. The first-order valence-electron chi connectivity index (χ1n) is 9.31. The zero-order valence-corrected chi connectivity index (χ0v) is 18.1. The minimum Gasteiger partial charge on any atom is -0.493 e. The van der Waals surface area contributed by atoms with Gasteiger partial charge in [0.05, 0.1) is 14.2 Å². The van der Waals surface area contributed by atoms with Gasteiger partial charge in [0.1, 0.15) is 5.82 Å². The number of rotatable bonds is 7. The summed E-state index contributed by atoms with van der Waals surface area (Å²) in [5.74, 6) is 2.76. The van der Waals surface area contributed by atoms with Gasteiger partial charge >= 0.3 is 0 Å². The number of ether oxygens (including phenoxy) is 2. The molecule has 1 aromatic heterocycles. The predicted molar refractivity (Wildman–Crippen MR) is 119 cm³/mol. The molecule has 3 rings (SSSR count). The summed E-state index contributed by atoms with van der Waals surface area (Å²) in [6.45, 7) is 4.18. The van der Waals surface area contributed by atoms with E-state index < -0.39 is 0 Å². The largest absolute Gasteiger partial charge is 0.493 e. The van der Waals surface area contributed by atoms with Crippen molar-refractivity contribution in [3.63, 3.8) is 0 Å². The van der Waals surface area contributed by atoms with Crippen LogP contribution in [0.3, 0.4) is 0 Å². The average molecular weight is 426 g/mol. The van der Waals surface area contributed by atoms with Gasteiger partial charge in [-0.3, -0.25) is 0 Å². The van der Waals surface area contributed by atoms with Crippen LogP contribution in [0.2, 0.25) is 5.02 Å². The average Bonchev–Trinajstić information content (AvgIpc) is 2.72. The summed E-state index contributed by atoms with van der Waals surface area (Å²) in [6, 6.07) is 13.2. The number of benzene rings is 2. The number of nitrogens with two attached hydrogens (primary N) is 1. The minimum atomic E-state index is 0.465. The van der Waals surface area contributed by atoms with Crippen molar-refractivity contribution >= 4 is 23.1 Å². The van der Waals surface area contributed by atoms with Crippen LogP contribution in [0.15, 0.2) is 48.2 Å². The summed E-state index contributed by atoms with van der Waals surface area (Å²) >= 11 is 5.95. The molecule has 3 aromatic rings. The summed E-state index contributed by atoms with van der Waals surface area (Å²) in [5, 5.41) is 3.93. The van der Waals surface area contributed by atoms with Gasteiger partial charge in [-0.2, -0.15) is 9.97 Å². The minimum absolute atomic E-state index is 0.465. The molecule has 0 saturated heterocycles. The van der Waals surface area contributed by atoms with E-state index in [2.05, 4.69) is 20.3 Å². The molecular formula is C22H24ClN5O2. The molecular weight excluding hydrogens is 402 g/mol. The normalized spacial score (nSPS) is 11.6. The second-order valence-corrected chi connectivity index (χ2v) is 7.07. The molecule has 0 aliphatic rings. The summed E-state index contributed by atoms with van der Waals surface area (Å²) in [4.78, 5) is 13.5. The number of halogens is 1. The van der Waals surface area contributed by atoms with Crippen LogP contribution in [-0.4, -0.2) is 29.2 Å². The SMILES string of the molecule is COc1ccc(C(=C(C)N)c2nc(C)nc(NCc3ccc(Cl)cc3)n2)cc1OC. The van der Waals surface area contributed by atoms with Gasteiger partial charge in [0.2, 0.25) is 5.95 Å². The first-order valence-corrected chi connectivity index (χ1v) is 9.69. The molecule has 0 radical (unpaired) electrons. The molecule has 3 N–H and O–H groups in total. The van der Waals surface area contributed by atoms with Crippen molar-refractivity contribution in [2.75, 3.05) is 19.5 Å². The molecule has 8 heteroatoms. The maximum atomic E-state index is 6.22. The summed E-state index contributed by atoms with van der Waals surface area (Å²) < 4.78 is 10.7. The molecule has 0 saturated carbocycles. The molecule has 0 atom stereocenters. The third-order valence-electron chi connectivity index (χ3n) is 4.40. The number of aromatic nitrogens is 3. The summed E-state index contributed by atoms with van der Waals surface area (Å²) in [7, 11) is 3.18. The lowest BCUT2D eigenvalue weighted by atomic mass is 10.0.